The largest absolute Gasteiger partial charge is 0.341 e. The maximum absolute atomic E-state index is 11.4. The van der Waals surface area contributed by atoms with Gasteiger partial charge in [0.1, 0.15) is 0 Å². The Morgan fingerprint density at radius 2 is 2.47 bits per heavy atom. The van der Waals surface area contributed by atoms with Crippen LogP contribution in [0.4, 0.5) is 4.79 Å². The number of carbonyl (C=O) groups is 1. The number of urea groups is 1. The second-order valence-corrected chi connectivity index (χ2v) is 3.62. The van der Waals surface area contributed by atoms with Crippen LogP contribution < -0.4 is 5.32 Å². The standard InChI is InChI=1S/C10H14N4O/c1-11-10(15)14-5-2-8(7-14)9-6-12-3-4-13-9/h3-4,6,8H,2,5,7H2,1H3,(H,11,15). The third-order valence-corrected chi connectivity index (χ3v) is 2.69. The second-order valence-electron chi connectivity index (χ2n) is 3.62. The molecule has 1 aromatic heterocycles. The fraction of sp³-hybridized carbons (Fsp3) is 0.500. The number of nitrogens with zero attached hydrogens (tertiary/aromatic N) is 3. The normalized spacial score (nSPS) is 20.3. The first-order valence-electron chi connectivity index (χ1n) is 5.04. The molecule has 2 amide bonds. The highest BCUT2D eigenvalue weighted by atomic mass is 16.2. The topological polar surface area (TPSA) is 58.1 Å². The molecule has 1 aliphatic heterocycles. The lowest BCUT2D eigenvalue weighted by atomic mass is 10.1. The van der Waals surface area contributed by atoms with Crippen LogP contribution in [0.1, 0.15) is 18.0 Å². The van der Waals surface area contributed by atoms with E-state index in [1.165, 1.54) is 0 Å². The number of aromatic nitrogens is 2. The van der Waals surface area contributed by atoms with Gasteiger partial charge < -0.3 is 10.2 Å². The Morgan fingerprint density at radius 1 is 1.60 bits per heavy atom. The summed E-state index contributed by atoms with van der Waals surface area (Å²) in [6, 6.07) is -0.0126. The molecule has 1 atom stereocenters. The van der Waals surface area contributed by atoms with E-state index < -0.39 is 0 Å². The summed E-state index contributed by atoms with van der Waals surface area (Å²) in [4.78, 5) is 21.5. The zero-order valence-corrected chi connectivity index (χ0v) is 8.68. The first-order chi connectivity index (χ1) is 7.31. The second kappa shape index (κ2) is 4.25. The smallest absolute Gasteiger partial charge is 0.317 e. The predicted octanol–water partition coefficient (Wildman–Crippen LogP) is 0.605. The number of hydrogen-bond acceptors (Lipinski definition) is 3. The van der Waals surface area contributed by atoms with E-state index in [4.69, 9.17) is 0 Å². The van der Waals surface area contributed by atoms with Crippen molar-refractivity contribution < 1.29 is 4.79 Å². The fourth-order valence-electron chi connectivity index (χ4n) is 1.87. The summed E-state index contributed by atoms with van der Waals surface area (Å²) in [5.41, 5.74) is 0.976. The lowest BCUT2D eigenvalue weighted by Gasteiger charge is -2.15. The van der Waals surface area contributed by atoms with Crippen molar-refractivity contribution in [3.05, 3.63) is 24.3 Å². The fourth-order valence-corrected chi connectivity index (χ4v) is 1.87. The van der Waals surface area contributed by atoms with E-state index in [-0.39, 0.29) is 6.03 Å². The van der Waals surface area contributed by atoms with E-state index in [2.05, 4.69) is 15.3 Å². The summed E-state index contributed by atoms with van der Waals surface area (Å²) in [6.45, 7) is 1.53. The van der Waals surface area contributed by atoms with Gasteiger partial charge in [-0.25, -0.2) is 4.79 Å². The Bertz CT molecular complexity index is 341. The van der Waals surface area contributed by atoms with Crippen LogP contribution in [0.15, 0.2) is 18.6 Å². The van der Waals surface area contributed by atoms with Crippen LogP contribution in [0.25, 0.3) is 0 Å². The third kappa shape index (κ3) is 2.06. The molecule has 0 aromatic carbocycles. The van der Waals surface area contributed by atoms with Crippen molar-refractivity contribution in [1.29, 1.82) is 0 Å². The van der Waals surface area contributed by atoms with Gasteiger partial charge in [0.05, 0.1) is 5.69 Å². The summed E-state index contributed by atoms with van der Waals surface area (Å²) in [7, 11) is 1.65. The average Bonchev–Trinajstić information content (AvgIpc) is 2.78. The molecular weight excluding hydrogens is 192 g/mol. The molecule has 1 aromatic rings. The maximum Gasteiger partial charge on any atom is 0.317 e. The molecule has 5 heteroatoms. The van der Waals surface area contributed by atoms with Gasteiger partial charge in [-0.2, -0.15) is 0 Å². The summed E-state index contributed by atoms with van der Waals surface area (Å²) in [5, 5.41) is 2.63. The van der Waals surface area contributed by atoms with Crippen LogP contribution in [0.5, 0.6) is 0 Å². The van der Waals surface area contributed by atoms with E-state index in [1.807, 2.05) is 0 Å². The van der Waals surface area contributed by atoms with E-state index in [9.17, 15) is 4.79 Å². The lowest BCUT2D eigenvalue weighted by Crippen LogP contribution is -2.36. The van der Waals surface area contributed by atoms with Crippen LogP contribution in [0, 0.1) is 0 Å². The molecule has 0 saturated carbocycles. The van der Waals surface area contributed by atoms with Gasteiger partial charge >= 0.3 is 6.03 Å². The van der Waals surface area contributed by atoms with E-state index in [0.717, 1.165) is 25.2 Å². The monoisotopic (exact) mass is 206 g/mol. The molecule has 1 unspecified atom stereocenters. The number of carbonyl (C=O) groups excluding carboxylic acids is 1. The average molecular weight is 206 g/mol. The minimum Gasteiger partial charge on any atom is -0.341 e. The van der Waals surface area contributed by atoms with Crippen LogP contribution in [-0.2, 0) is 0 Å². The number of likely N-dealkylation sites (tertiary alicyclic amines) is 1. The van der Waals surface area contributed by atoms with E-state index in [1.54, 1.807) is 30.5 Å². The number of hydrogen-bond donors (Lipinski definition) is 1. The van der Waals surface area contributed by atoms with E-state index in [0.29, 0.717) is 5.92 Å². The quantitative estimate of drug-likeness (QED) is 0.732. The molecule has 1 N–H and O–H groups in total. The molecule has 0 aliphatic carbocycles. The summed E-state index contributed by atoms with van der Waals surface area (Å²) in [6.07, 6.45) is 6.09. The van der Waals surface area contributed by atoms with Gasteiger partial charge in [-0.05, 0) is 6.42 Å². The zero-order chi connectivity index (χ0) is 10.7. The van der Waals surface area contributed by atoms with Crippen LogP contribution in [0.3, 0.4) is 0 Å². The predicted molar refractivity (Wildman–Crippen MR) is 55.4 cm³/mol. The van der Waals surface area contributed by atoms with Gasteiger partial charge in [-0.3, -0.25) is 9.97 Å². The highest BCUT2D eigenvalue weighted by molar-refractivity contribution is 5.74. The van der Waals surface area contributed by atoms with Gasteiger partial charge in [0.15, 0.2) is 0 Å². The minimum atomic E-state index is -0.0126. The molecule has 2 heterocycles. The molecule has 0 bridgehead atoms. The molecule has 0 spiro atoms. The summed E-state index contributed by atoms with van der Waals surface area (Å²) < 4.78 is 0. The number of rotatable bonds is 1. The molecule has 5 nitrogen and oxygen atoms in total. The lowest BCUT2D eigenvalue weighted by molar-refractivity contribution is 0.210. The van der Waals surface area contributed by atoms with Crippen molar-refractivity contribution in [2.45, 2.75) is 12.3 Å². The Kier molecular flexibility index (Phi) is 2.80. The summed E-state index contributed by atoms with van der Waals surface area (Å²) in [5.74, 6) is 0.330. The number of nitrogens with one attached hydrogen (secondary N) is 1. The Morgan fingerprint density at radius 3 is 3.13 bits per heavy atom. The van der Waals surface area contributed by atoms with Gasteiger partial charge in [0.2, 0.25) is 0 Å². The highest BCUT2D eigenvalue weighted by Gasteiger charge is 2.27. The molecule has 1 aliphatic rings. The van der Waals surface area contributed by atoms with E-state index >= 15 is 0 Å². The summed E-state index contributed by atoms with van der Waals surface area (Å²) >= 11 is 0. The van der Waals surface area contributed by atoms with Crippen LogP contribution in [0.2, 0.25) is 0 Å². The van der Waals surface area contributed by atoms with Gasteiger partial charge in [0.25, 0.3) is 0 Å². The Labute approximate surface area is 88.5 Å². The Hall–Kier alpha value is -1.65. The molecular formula is C10H14N4O. The van der Waals surface area contributed by atoms with Gasteiger partial charge in [-0.15, -0.1) is 0 Å². The molecule has 1 fully saturated rings. The molecule has 15 heavy (non-hydrogen) atoms. The maximum atomic E-state index is 11.4. The van der Waals surface area contributed by atoms with Crippen molar-refractivity contribution >= 4 is 6.03 Å². The van der Waals surface area contributed by atoms with Crippen molar-refractivity contribution in [3.8, 4) is 0 Å². The first kappa shape index (κ1) is 9.89. The third-order valence-electron chi connectivity index (χ3n) is 2.69. The Balaban J connectivity index is 2.02. The van der Waals surface area contributed by atoms with Crippen molar-refractivity contribution in [2.24, 2.45) is 0 Å². The molecule has 1 saturated heterocycles. The van der Waals surface area contributed by atoms with Gasteiger partial charge in [0, 0.05) is 44.6 Å². The highest BCUT2D eigenvalue weighted by Crippen LogP contribution is 2.24. The molecule has 0 radical (unpaired) electrons. The first-order valence-corrected chi connectivity index (χ1v) is 5.04. The minimum absolute atomic E-state index is 0.0126. The molecule has 80 valence electrons. The van der Waals surface area contributed by atoms with Crippen molar-refractivity contribution in [1.82, 2.24) is 20.2 Å². The van der Waals surface area contributed by atoms with Crippen molar-refractivity contribution in [3.63, 3.8) is 0 Å². The zero-order valence-electron chi connectivity index (χ0n) is 8.68. The number of amides is 2. The van der Waals surface area contributed by atoms with Crippen molar-refractivity contribution in [2.75, 3.05) is 20.1 Å². The van der Waals surface area contributed by atoms with Crippen LogP contribution in [-0.4, -0.2) is 41.0 Å². The van der Waals surface area contributed by atoms with Crippen LogP contribution >= 0.6 is 0 Å². The molecule has 2 rings (SSSR count). The SMILES string of the molecule is CNC(=O)N1CCC(c2cnccn2)C1. The van der Waals surface area contributed by atoms with Gasteiger partial charge in [-0.1, -0.05) is 0 Å².